The number of aromatic nitrogens is 1. The van der Waals surface area contributed by atoms with Crippen LogP contribution in [0.2, 0.25) is 0 Å². The van der Waals surface area contributed by atoms with Gasteiger partial charge in [-0.05, 0) is 47.0 Å². The highest BCUT2D eigenvalue weighted by Crippen LogP contribution is 2.38. The van der Waals surface area contributed by atoms with Crippen molar-refractivity contribution in [2.45, 2.75) is 19.4 Å². The van der Waals surface area contributed by atoms with E-state index in [0.717, 1.165) is 12.1 Å². The minimum absolute atomic E-state index is 0.194. The van der Waals surface area contributed by atoms with Gasteiger partial charge in [-0.25, -0.2) is 9.78 Å². The third-order valence-corrected chi connectivity index (χ3v) is 3.93. The van der Waals surface area contributed by atoms with Gasteiger partial charge in [0.1, 0.15) is 11.4 Å². The summed E-state index contributed by atoms with van der Waals surface area (Å²) >= 11 is 3.28. The average molecular weight is 333 g/mol. The molecule has 0 saturated carbocycles. The molecule has 2 heterocycles. The van der Waals surface area contributed by atoms with Crippen molar-refractivity contribution in [2.75, 3.05) is 4.90 Å². The molecule has 20 heavy (non-hydrogen) atoms. The molecule has 0 fully saturated rings. The fourth-order valence-corrected chi connectivity index (χ4v) is 3.00. The molecule has 1 N–H and O–H groups in total. The first-order valence-corrected chi connectivity index (χ1v) is 7.13. The molecule has 1 aliphatic rings. The zero-order valence-corrected chi connectivity index (χ0v) is 12.5. The third-order valence-electron chi connectivity index (χ3n) is 3.50. The van der Waals surface area contributed by atoms with Gasteiger partial charge in [0.2, 0.25) is 0 Å². The number of hydrogen-bond acceptors (Lipinski definition) is 3. The van der Waals surface area contributed by atoms with Crippen LogP contribution >= 0.6 is 15.9 Å². The molecule has 0 amide bonds. The van der Waals surface area contributed by atoms with Crippen LogP contribution in [0.1, 0.15) is 22.8 Å². The molecule has 4 nitrogen and oxygen atoms in total. The molecule has 5 heteroatoms. The molecular weight excluding hydrogens is 320 g/mol. The van der Waals surface area contributed by atoms with Crippen LogP contribution < -0.4 is 4.90 Å². The molecule has 1 aromatic heterocycles. The topological polar surface area (TPSA) is 53.4 Å². The average Bonchev–Trinajstić information content (AvgIpc) is 2.74. The number of anilines is 2. The Bertz CT molecular complexity index is 687. The zero-order chi connectivity index (χ0) is 14.3. The molecule has 1 unspecified atom stereocenters. The number of carbonyl (C=O) groups is 1. The van der Waals surface area contributed by atoms with E-state index >= 15 is 0 Å². The minimum atomic E-state index is -0.967. The van der Waals surface area contributed by atoms with Crippen LogP contribution in [0.5, 0.6) is 0 Å². The summed E-state index contributed by atoms with van der Waals surface area (Å²) in [6.45, 7) is 2.08. The van der Waals surface area contributed by atoms with Crippen LogP contribution in [-0.2, 0) is 6.42 Å². The van der Waals surface area contributed by atoms with Crippen LogP contribution in [0.3, 0.4) is 0 Å². The number of halogens is 1. The number of hydrogen-bond donors (Lipinski definition) is 1. The number of rotatable bonds is 2. The summed E-state index contributed by atoms with van der Waals surface area (Å²) in [6.07, 6.45) is 2.53. The van der Waals surface area contributed by atoms with E-state index < -0.39 is 5.97 Å². The Labute approximate surface area is 125 Å². The van der Waals surface area contributed by atoms with Crippen molar-refractivity contribution in [3.63, 3.8) is 0 Å². The Morgan fingerprint density at radius 1 is 1.45 bits per heavy atom. The van der Waals surface area contributed by atoms with Crippen molar-refractivity contribution in [2.24, 2.45) is 0 Å². The van der Waals surface area contributed by atoms with Gasteiger partial charge in [-0.1, -0.05) is 18.2 Å². The van der Waals surface area contributed by atoms with Crippen LogP contribution in [-0.4, -0.2) is 22.1 Å². The van der Waals surface area contributed by atoms with E-state index in [-0.39, 0.29) is 11.6 Å². The zero-order valence-electron chi connectivity index (χ0n) is 10.9. The number of pyridine rings is 1. The first-order chi connectivity index (χ1) is 9.58. The molecule has 0 spiro atoms. The van der Waals surface area contributed by atoms with Gasteiger partial charge in [-0.3, -0.25) is 0 Å². The van der Waals surface area contributed by atoms with E-state index in [2.05, 4.69) is 33.9 Å². The lowest BCUT2D eigenvalue weighted by Crippen LogP contribution is -2.26. The SMILES string of the molecule is CC1Cc2ccccc2N1c1ncc(Br)cc1C(=O)O. The highest BCUT2D eigenvalue weighted by atomic mass is 79.9. The first kappa shape index (κ1) is 13.1. The largest absolute Gasteiger partial charge is 0.478 e. The molecule has 0 bridgehead atoms. The molecule has 102 valence electrons. The Morgan fingerprint density at radius 3 is 2.95 bits per heavy atom. The summed E-state index contributed by atoms with van der Waals surface area (Å²) in [7, 11) is 0. The number of carboxylic acid groups (broad SMARTS) is 1. The Kier molecular flexibility index (Phi) is 3.22. The van der Waals surface area contributed by atoms with Gasteiger partial charge in [0.05, 0.1) is 0 Å². The van der Waals surface area contributed by atoms with Gasteiger partial charge in [-0.2, -0.15) is 0 Å². The van der Waals surface area contributed by atoms with Crippen LogP contribution in [0.4, 0.5) is 11.5 Å². The van der Waals surface area contributed by atoms with Crippen LogP contribution in [0, 0.1) is 0 Å². The van der Waals surface area contributed by atoms with Gasteiger partial charge >= 0.3 is 5.97 Å². The van der Waals surface area contributed by atoms with Crippen molar-refractivity contribution in [3.8, 4) is 0 Å². The summed E-state index contributed by atoms with van der Waals surface area (Å²) in [5.74, 6) is -0.469. The predicted molar refractivity (Wildman–Crippen MR) is 80.6 cm³/mol. The third kappa shape index (κ3) is 2.08. The maximum absolute atomic E-state index is 11.5. The second kappa shape index (κ2) is 4.90. The highest BCUT2D eigenvalue weighted by molar-refractivity contribution is 9.10. The fourth-order valence-electron chi connectivity index (χ4n) is 2.67. The Balaban J connectivity index is 2.17. The molecule has 1 aromatic carbocycles. The molecule has 0 aliphatic carbocycles. The van der Waals surface area contributed by atoms with Gasteiger partial charge in [0.15, 0.2) is 0 Å². The molecule has 3 rings (SSSR count). The standard InChI is InChI=1S/C15H13BrN2O2/c1-9-6-10-4-2-3-5-13(10)18(9)14-12(15(19)20)7-11(16)8-17-14/h2-5,7-9H,6H2,1H3,(H,19,20). The van der Waals surface area contributed by atoms with Crippen molar-refractivity contribution in [1.82, 2.24) is 4.98 Å². The first-order valence-electron chi connectivity index (χ1n) is 6.34. The Morgan fingerprint density at radius 2 is 2.20 bits per heavy atom. The van der Waals surface area contributed by atoms with Crippen molar-refractivity contribution < 1.29 is 9.90 Å². The fraction of sp³-hybridized carbons (Fsp3) is 0.200. The van der Waals surface area contributed by atoms with Crippen molar-refractivity contribution >= 4 is 33.4 Å². The van der Waals surface area contributed by atoms with E-state index in [1.165, 1.54) is 5.56 Å². The van der Waals surface area contributed by atoms with Gasteiger partial charge in [0, 0.05) is 22.4 Å². The van der Waals surface area contributed by atoms with E-state index in [1.54, 1.807) is 12.3 Å². The summed E-state index contributed by atoms with van der Waals surface area (Å²) < 4.78 is 0.666. The molecule has 2 aromatic rings. The van der Waals surface area contributed by atoms with Crippen LogP contribution in [0.25, 0.3) is 0 Å². The summed E-state index contributed by atoms with van der Waals surface area (Å²) in [4.78, 5) is 17.8. The number of aromatic carboxylic acids is 1. The van der Waals surface area contributed by atoms with E-state index in [9.17, 15) is 9.90 Å². The highest BCUT2D eigenvalue weighted by Gasteiger charge is 2.30. The molecule has 0 radical (unpaired) electrons. The maximum atomic E-state index is 11.5. The molecule has 1 atom stereocenters. The van der Waals surface area contributed by atoms with E-state index in [0.29, 0.717) is 10.3 Å². The lowest BCUT2D eigenvalue weighted by molar-refractivity contribution is 0.0697. The minimum Gasteiger partial charge on any atom is -0.478 e. The second-order valence-electron chi connectivity index (χ2n) is 4.88. The lowest BCUT2D eigenvalue weighted by Gasteiger charge is -2.25. The smallest absolute Gasteiger partial charge is 0.339 e. The summed E-state index contributed by atoms with van der Waals surface area (Å²) in [5.41, 5.74) is 2.47. The van der Waals surface area contributed by atoms with E-state index in [1.807, 2.05) is 23.1 Å². The van der Waals surface area contributed by atoms with Crippen molar-refractivity contribution in [3.05, 3.63) is 52.1 Å². The van der Waals surface area contributed by atoms with Crippen molar-refractivity contribution in [1.29, 1.82) is 0 Å². The second-order valence-corrected chi connectivity index (χ2v) is 5.80. The molecule has 1 aliphatic heterocycles. The number of nitrogens with zero attached hydrogens (tertiary/aromatic N) is 2. The van der Waals surface area contributed by atoms with Gasteiger partial charge in [-0.15, -0.1) is 0 Å². The summed E-state index contributed by atoms with van der Waals surface area (Å²) in [6, 6.07) is 9.84. The van der Waals surface area contributed by atoms with Gasteiger partial charge in [0.25, 0.3) is 0 Å². The lowest BCUT2D eigenvalue weighted by atomic mass is 10.1. The number of benzene rings is 1. The molecule has 0 saturated heterocycles. The summed E-state index contributed by atoms with van der Waals surface area (Å²) in [5, 5.41) is 9.40. The number of fused-ring (bicyclic) bond motifs is 1. The monoisotopic (exact) mass is 332 g/mol. The van der Waals surface area contributed by atoms with Crippen LogP contribution in [0.15, 0.2) is 41.0 Å². The van der Waals surface area contributed by atoms with E-state index in [4.69, 9.17) is 0 Å². The maximum Gasteiger partial charge on any atom is 0.339 e. The molecular formula is C15H13BrN2O2. The Hall–Kier alpha value is -1.88. The van der Waals surface area contributed by atoms with Gasteiger partial charge < -0.3 is 10.0 Å². The normalized spacial score (nSPS) is 17.1. The number of carboxylic acids is 1. The quantitative estimate of drug-likeness (QED) is 0.912. The number of para-hydroxylation sites is 1. The predicted octanol–water partition coefficient (Wildman–Crippen LogP) is 3.63.